The van der Waals surface area contributed by atoms with E-state index in [2.05, 4.69) is 32.8 Å². The van der Waals surface area contributed by atoms with Crippen molar-refractivity contribution in [2.24, 2.45) is 10.5 Å². The third kappa shape index (κ3) is 4.36. The number of hydrazone groups is 1. The van der Waals surface area contributed by atoms with Crippen LogP contribution in [-0.2, 0) is 0 Å². The van der Waals surface area contributed by atoms with Gasteiger partial charge in [0, 0.05) is 6.54 Å². The second-order valence-electron chi connectivity index (χ2n) is 6.09. The third-order valence-electron chi connectivity index (χ3n) is 2.90. The molecule has 0 spiro atoms. The molecule has 0 aromatic rings. The Bertz CT molecular complexity index is 359. The van der Waals surface area contributed by atoms with Crippen LogP contribution in [-0.4, -0.2) is 37.2 Å². The summed E-state index contributed by atoms with van der Waals surface area (Å²) in [6.45, 7) is 9.26. The molecule has 1 atom stereocenters. The Morgan fingerprint density at radius 1 is 1.10 bits per heavy atom. The molecule has 1 unspecified atom stereocenters. The van der Waals surface area contributed by atoms with Gasteiger partial charge in [0.2, 0.25) is 8.25 Å². The van der Waals surface area contributed by atoms with Gasteiger partial charge in [0.15, 0.2) is 0 Å². The molecule has 3 nitrogen and oxygen atoms in total. The Balaban J connectivity index is 3.03. The van der Waals surface area contributed by atoms with Gasteiger partial charge in [-0.15, -0.1) is 0 Å². The van der Waals surface area contributed by atoms with E-state index in [0.29, 0.717) is 0 Å². The summed E-state index contributed by atoms with van der Waals surface area (Å²) in [4.78, 5) is 1.62. The molecule has 0 aromatic heterocycles. The van der Waals surface area contributed by atoms with Crippen LogP contribution < -0.4 is 0 Å². The first-order valence-corrected chi connectivity index (χ1v) is 8.33. The molecule has 0 N–H and O–H groups in total. The van der Waals surface area contributed by atoms with Crippen molar-refractivity contribution in [3.8, 4) is 0 Å². The Kier molecular flexibility index (Phi) is 6.06. The molecule has 0 amide bonds. The van der Waals surface area contributed by atoms with E-state index in [1.165, 1.54) is 0 Å². The van der Waals surface area contributed by atoms with E-state index in [9.17, 15) is 0 Å². The van der Waals surface area contributed by atoms with Gasteiger partial charge in [-0.2, -0.15) is 5.10 Å². The molecule has 8 heteroatoms. The number of rotatable bonds is 4. The quantitative estimate of drug-likeness (QED) is 0.489. The van der Waals surface area contributed by atoms with Crippen molar-refractivity contribution >= 4 is 64.3 Å². The lowest BCUT2D eigenvalue weighted by Gasteiger charge is -2.42. The zero-order chi connectivity index (χ0) is 15.8. The molecule has 0 aliphatic carbocycles. The highest BCUT2D eigenvalue weighted by Gasteiger charge is 2.54. The largest absolute Gasteiger partial charge is 0.304 e. The fraction of sp³-hybridized carbons (Fsp3) is 0.917. The van der Waals surface area contributed by atoms with Gasteiger partial charge in [-0.3, -0.25) is 5.01 Å². The van der Waals surface area contributed by atoms with Gasteiger partial charge in [0.1, 0.15) is 12.5 Å². The van der Waals surface area contributed by atoms with Gasteiger partial charge in [-0.25, -0.2) is 0 Å². The number of hydrogen-bond acceptors (Lipinski definition) is 3. The van der Waals surface area contributed by atoms with Crippen molar-refractivity contribution in [1.82, 2.24) is 9.91 Å². The summed E-state index contributed by atoms with van der Waals surface area (Å²) in [7, 11) is 0. The third-order valence-corrected chi connectivity index (χ3v) is 5.26. The summed E-state index contributed by atoms with van der Waals surface area (Å²) in [5, 5.41) is 6.27. The van der Waals surface area contributed by atoms with Crippen LogP contribution in [0.15, 0.2) is 5.10 Å². The van der Waals surface area contributed by atoms with E-state index >= 15 is 0 Å². The predicted octanol–water partition coefficient (Wildman–Crippen LogP) is 5.22. The van der Waals surface area contributed by atoms with Crippen LogP contribution in [0.5, 0.6) is 0 Å². The Hall–Kier alpha value is 0.720. The maximum atomic E-state index is 6.29. The Morgan fingerprint density at radius 2 is 1.65 bits per heavy atom. The highest BCUT2D eigenvalue weighted by atomic mass is 35.6. The summed E-state index contributed by atoms with van der Waals surface area (Å²) in [6.07, 6.45) is 3.15. The molecule has 20 heavy (non-hydrogen) atoms. The minimum Gasteiger partial charge on any atom is -0.304 e. The van der Waals surface area contributed by atoms with Gasteiger partial charge in [0.25, 0.3) is 0 Å². The maximum absolute atomic E-state index is 6.29. The first kappa shape index (κ1) is 18.8. The lowest BCUT2D eigenvalue weighted by Crippen LogP contribution is -2.55. The molecule has 118 valence electrons. The van der Waals surface area contributed by atoms with Gasteiger partial charge in [0.05, 0.1) is 0 Å². The molecule has 0 saturated heterocycles. The van der Waals surface area contributed by atoms with Crippen molar-refractivity contribution in [3.05, 3.63) is 0 Å². The highest BCUT2D eigenvalue weighted by Crippen LogP contribution is 2.50. The average Bonchev–Trinajstić information content (AvgIpc) is 2.58. The van der Waals surface area contributed by atoms with Crippen molar-refractivity contribution in [1.29, 1.82) is 0 Å². The molecule has 0 aromatic carbocycles. The van der Waals surface area contributed by atoms with Crippen LogP contribution >= 0.6 is 58.0 Å². The van der Waals surface area contributed by atoms with Crippen LogP contribution in [0.4, 0.5) is 0 Å². The maximum Gasteiger partial charge on any atom is 0.241 e. The van der Waals surface area contributed by atoms with Crippen molar-refractivity contribution in [2.75, 3.05) is 6.54 Å². The molecule has 1 aliphatic rings. The van der Waals surface area contributed by atoms with Gasteiger partial charge in [-0.05, 0) is 18.3 Å². The molecular formula is C12H20Cl5N3. The normalized spacial score (nSPS) is 20.9. The minimum atomic E-state index is -1.85. The molecule has 0 radical (unpaired) electrons. The number of halogens is 5. The van der Waals surface area contributed by atoms with E-state index in [-0.39, 0.29) is 11.6 Å². The molecule has 0 saturated carbocycles. The molecular weight excluding hydrogens is 363 g/mol. The average molecular weight is 384 g/mol. The zero-order valence-corrected chi connectivity index (χ0v) is 15.8. The highest BCUT2D eigenvalue weighted by molar-refractivity contribution is 6.75. The second-order valence-corrected chi connectivity index (χ2v) is 9.65. The SMILES string of the molecule is CCCN1N=CN(C(Cl)(Cl)C(Cl)(Cl)Cl)C1CC(C)(C)C. The van der Waals surface area contributed by atoms with Gasteiger partial charge in [-0.1, -0.05) is 85.7 Å². The summed E-state index contributed by atoms with van der Waals surface area (Å²) < 4.78 is -3.53. The molecule has 0 bridgehead atoms. The van der Waals surface area contributed by atoms with Crippen LogP contribution in [0.25, 0.3) is 0 Å². The van der Waals surface area contributed by atoms with E-state index in [0.717, 1.165) is 19.4 Å². The van der Waals surface area contributed by atoms with Crippen LogP contribution in [0.2, 0.25) is 0 Å². The number of nitrogens with zero attached hydrogens (tertiary/aromatic N) is 3. The van der Waals surface area contributed by atoms with E-state index in [1.807, 2.05) is 5.01 Å². The minimum absolute atomic E-state index is 0.0556. The Morgan fingerprint density at radius 3 is 2.05 bits per heavy atom. The fourth-order valence-corrected chi connectivity index (χ4v) is 2.62. The molecule has 0 fully saturated rings. The van der Waals surface area contributed by atoms with Crippen molar-refractivity contribution < 1.29 is 0 Å². The first-order valence-electron chi connectivity index (χ1n) is 6.44. The smallest absolute Gasteiger partial charge is 0.241 e. The Labute approximate surface area is 146 Å². The van der Waals surface area contributed by atoms with Crippen LogP contribution in [0.1, 0.15) is 40.5 Å². The van der Waals surface area contributed by atoms with Crippen molar-refractivity contribution in [2.45, 2.75) is 55.0 Å². The zero-order valence-electron chi connectivity index (χ0n) is 12.0. The molecule has 1 heterocycles. The number of hydrogen-bond donors (Lipinski definition) is 0. The predicted molar refractivity (Wildman–Crippen MR) is 89.9 cm³/mol. The summed E-state index contributed by atoms with van der Waals surface area (Å²) in [6, 6.07) is 0. The standard InChI is InChI=1S/C12H20Cl5N3/c1-5-6-20-9(7-10(2,3)4)19(8-18-20)12(16,17)11(13,14)15/h8-9H,5-7H2,1-4H3. The lowest BCUT2D eigenvalue weighted by atomic mass is 9.90. The lowest BCUT2D eigenvalue weighted by molar-refractivity contribution is 0.0744. The molecule has 1 rings (SSSR count). The van der Waals surface area contributed by atoms with E-state index in [4.69, 9.17) is 58.0 Å². The molecule has 1 aliphatic heterocycles. The van der Waals surface area contributed by atoms with E-state index in [1.54, 1.807) is 11.2 Å². The van der Waals surface area contributed by atoms with E-state index < -0.39 is 8.25 Å². The summed E-state index contributed by atoms with van der Waals surface area (Å²) in [5.74, 6) is 0. The number of alkyl halides is 5. The van der Waals surface area contributed by atoms with Crippen LogP contribution in [0, 0.1) is 5.41 Å². The summed E-state index contributed by atoms with van der Waals surface area (Å²) in [5.41, 5.74) is 0.0556. The topological polar surface area (TPSA) is 18.8 Å². The van der Waals surface area contributed by atoms with Crippen LogP contribution in [0.3, 0.4) is 0 Å². The van der Waals surface area contributed by atoms with Gasteiger partial charge >= 0.3 is 0 Å². The van der Waals surface area contributed by atoms with Crippen molar-refractivity contribution in [3.63, 3.8) is 0 Å². The van der Waals surface area contributed by atoms with Gasteiger partial charge < -0.3 is 4.90 Å². The monoisotopic (exact) mass is 381 g/mol. The first-order chi connectivity index (χ1) is 8.90. The summed E-state index contributed by atoms with van der Waals surface area (Å²) >= 11 is 30.3. The fourth-order valence-electron chi connectivity index (χ4n) is 2.01. The second kappa shape index (κ2) is 6.45.